The Morgan fingerprint density at radius 3 is 2.24 bits per heavy atom. The largest absolute Gasteiger partial charge is 0.471 e. The Morgan fingerprint density at radius 2 is 1.61 bits per heavy atom. The number of benzene rings is 2. The Kier molecular flexibility index (Phi) is 6.64. The van der Waals surface area contributed by atoms with Crippen LogP contribution in [0.2, 0.25) is 0 Å². The highest BCUT2D eigenvalue weighted by Crippen LogP contribution is 2.34. The molecular formula is C26H26F3N5O3S. The molecule has 3 aromatic rings. The summed E-state index contributed by atoms with van der Waals surface area (Å²) in [5.74, 6) is -1.30. The first kappa shape index (κ1) is 26.1. The summed E-state index contributed by atoms with van der Waals surface area (Å²) < 4.78 is 66.5. The van der Waals surface area contributed by atoms with Crippen LogP contribution >= 0.6 is 0 Å². The number of fused-ring (bicyclic) bond motifs is 1. The average molecular weight is 546 g/mol. The number of anilines is 2. The number of rotatable bonds is 4. The minimum absolute atomic E-state index is 0.00328. The van der Waals surface area contributed by atoms with Crippen molar-refractivity contribution >= 4 is 27.4 Å². The molecular weight excluding hydrogens is 519 g/mol. The summed E-state index contributed by atoms with van der Waals surface area (Å²) in [7, 11) is -3.86. The van der Waals surface area contributed by atoms with E-state index < -0.39 is 22.1 Å². The highest BCUT2D eigenvalue weighted by molar-refractivity contribution is 7.89. The monoisotopic (exact) mass is 545 g/mol. The number of piperazine rings is 1. The third-order valence-corrected chi connectivity index (χ3v) is 8.98. The third kappa shape index (κ3) is 4.85. The van der Waals surface area contributed by atoms with Crippen LogP contribution in [0.1, 0.15) is 16.7 Å². The van der Waals surface area contributed by atoms with E-state index >= 15 is 0 Å². The summed E-state index contributed by atoms with van der Waals surface area (Å²) in [4.78, 5) is 14.3. The number of halogens is 3. The molecule has 3 heterocycles. The summed E-state index contributed by atoms with van der Waals surface area (Å²) in [5.41, 5.74) is 4.60. The van der Waals surface area contributed by atoms with Crippen molar-refractivity contribution < 1.29 is 26.4 Å². The van der Waals surface area contributed by atoms with Gasteiger partial charge in [0, 0.05) is 44.0 Å². The van der Waals surface area contributed by atoms with Gasteiger partial charge in [0.05, 0.1) is 10.6 Å². The van der Waals surface area contributed by atoms with Gasteiger partial charge in [0.25, 0.3) is 0 Å². The lowest BCUT2D eigenvalue weighted by Gasteiger charge is -2.34. The molecule has 0 radical (unpaired) electrons. The van der Waals surface area contributed by atoms with Crippen molar-refractivity contribution in [2.45, 2.75) is 31.3 Å². The second-order valence-electron chi connectivity index (χ2n) is 9.46. The van der Waals surface area contributed by atoms with E-state index in [2.05, 4.69) is 16.3 Å². The van der Waals surface area contributed by atoms with Crippen LogP contribution < -0.4 is 9.80 Å². The number of hydrogen-bond acceptors (Lipinski definition) is 6. The minimum atomic E-state index is -4.99. The number of carbonyl (C=O) groups is 1. The molecule has 0 spiro atoms. The molecule has 2 aliphatic rings. The topological polar surface area (TPSA) is 86.7 Å². The van der Waals surface area contributed by atoms with Crippen LogP contribution in [-0.4, -0.2) is 67.7 Å². The lowest BCUT2D eigenvalue weighted by Crippen LogP contribution is -2.49. The SMILES string of the molecule is Cc1ccc(-c2ccc(N3CCN(S(=O)(=O)c4ccc5c(c4)CCN5C(=O)C(F)(F)F)CC3)nn2)cc1C. The van der Waals surface area contributed by atoms with Crippen LogP contribution in [-0.2, 0) is 21.2 Å². The van der Waals surface area contributed by atoms with Crippen molar-refractivity contribution in [2.75, 3.05) is 42.5 Å². The number of aromatic nitrogens is 2. The highest BCUT2D eigenvalue weighted by atomic mass is 32.2. The van der Waals surface area contributed by atoms with Gasteiger partial charge in [-0.3, -0.25) is 4.79 Å². The summed E-state index contributed by atoms with van der Waals surface area (Å²) >= 11 is 0. The van der Waals surface area contributed by atoms with Crippen molar-refractivity contribution in [3.63, 3.8) is 0 Å². The van der Waals surface area contributed by atoms with Gasteiger partial charge >= 0.3 is 12.1 Å². The van der Waals surface area contributed by atoms with Gasteiger partial charge in [0.15, 0.2) is 5.82 Å². The first-order chi connectivity index (χ1) is 17.9. The Hall–Kier alpha value is -3.51. The van der Waals surface area contributed by atoms with Gasteiger partial charge in [0.2, 0.25) is 10.0 Å². The molecule has 200 valence electrons. The Morgan fingerprint density at radius 1 is 0.868 bits per heavy atom. The Labute approximate surface area is 218 Å². The number of amides is 1. The molecule has 8 nitrogen and oxygen atoms in total. The van der Waals surface area contributed by atoms with E-state index in [-0.39, 0.29) is 36.6 Å². The van der Waals surface area contributed by atoms with Crippen molar-refractivity contribution in [1.82, 2.24) is 14.5 Å². The van der Waals surface area contributed by atoms with Crippen molar-refractivity contribution in [1.29, 1.82) is 0 Å². The summed E-state index contributed by atoms with van der Waals surface area (Å²) in [6.45, 7) is 5.22. The quantitative estimate of drug-likeness (QED) is 0.497. The van der Waals surface area contributed by atoms with Crippen LogP contribution in [0.25, 0.3) is 11.3 Å². The minimum Gasteiger partial charge on any atom is -0.352 e. The molecule has 1 fully saturated rings. The van der Waals surface area contributed by atoms with Crippen LogP contribution in [0.5, 0.6) is 0 Å². The predicted octanol–water partition coefficient (Wildman–Crippen LogP) is 3.72. The molecule has 5 rings (SSSR count). The van der Waals surface area contributed by atoms with Gasteiger partial charge in [-0.1, -0.05) is 12.1 Å². The second-order valence-corrected chi connectivity index (χ2v) is 11.4. The molecule has 0 unspecified atom stereocenters. The van der Waals surface area contributed by atoms with Crippen molar-refractivity contribution in [3.05, 3.63) is 65.2 Å². The van der Waals surface area contributed by atoms with E-state index in [1.165, 1.54) is 33.6 Å². The zero-order valence-electron chi connectivity index (χ0n) is 20.9. The van der Waals surface area contributed by atoms with E-state index in [1.807, 2.05) is 43.0 Å². The number of alkyl halides is 3. The smallest absolute Gasteiger partial charge is 0.352 e. The van der Waals surface area contributed by atoms with Crippen molar-refractivity contribution in [2.24, 2.45) is 0 Å². The van der Waals surface area contributed by atoms with Crippen LogP contribution in [0.3, 0.4) is 0 Å². The molecule has 1 saturated heterocycles. The van der Waals surface area contributed by atoms with Gasteiger partial charge in [0.1, 0.15) is 0 Å². The van der Waals surface area contributed by atoms with E-state index in [1.54, 1.807) is 0 Å². The fourth-order valence-electron chi connectivity index (χ4n) is 4.76. The van der Waals surface area contributed by atoms with E-state index in [9.17, 15) is 26.4 Å². The van der Waals surface area contributed by atoms with E-state index in [4.69, 9.17) is 0 Å². The standard InChI is InChI=1S/C26H26F3N5O3S/c1-17-3-4-19(15-18(17)2)22-6-8-24(31-30-22)32-11-13-33(14-12-32)38(36,37)21-5-7-23-20(16-21)9-10-34(23)25(35)26(27,28)29/h3-8,15-16H,9-14H2,1-2H3. The molecule has 38 heavy (non-hydrogen) atoms. The number of hydrogen-bond donors (Lipinski definition) is 0. The van der Waals surface area contributed by atoms with Gasteiger partial charge in [-0.25, -0.2) is 8.42 Å². The number of aryl methyl sites for hydroxylation is 2. The van der Waals surface area contributed by atoms with Gasteiger partial charge in [-0.2, -0.15) is 17.5 Å². The summed E-state index contributed by atoms with van der Waals surface area (Å²) in [6, 6.07) is 13.8. The molecule has 1 amide bonds. The normalized spacial score (nSPS) is 16.6. The maximum atomic E-state index is 13.3. The fourth-order valence-corrected chi connectivity index (χ4v) is 6.23. The average Bonchev–Trinajstić information content (AvgIpc) is 3.32. The van der Waals surface area contributed by atoms with Crippen LogP contribution in [0.4, 0.5) is 24.7 Å². The Bertz CT molecular complexity index is 1480. The lowest BCUT2D eigenvalue weighted by atomic mass is 10.0. The van der Waals surface area contributed by atoms with Crippen molar-refractivity contribution in [3.8, 4) is 11.3 Å². The third-order valence-electron chi connectivity index (χ3n) is 7.09. The van der Waals surface area contributed by atoms with Gasteiger partial charge < -0.3 is 9.80 Å². The molecule has 0 atom stereocenters. The Balaban J connectivity index is 1.26. The molecule has 12 heteroatoms. The molecule has 2 aliphatic heterocycles. The fraction of sp³-hybridized carbons (Fsp3) is 0.346. The summed E-state index contributed by atoms with van der Waals surface area (Å²) in [6.07, 6.45) is -4.83. The first-order valence-electron chi connectivity index (χ1n) is 12.1. The molecule has 0 N–H and O–H groups in total. The molecule has 2 aromatic carbocycles. The predicted molar refractivity (Wildman–Crippen MR) is 136 cm³/mol. The van der Waals surface area contributed by atoms with E-state index in [0.29, 0.717) is 29.4 Å². The number of nitrogens with zero attached hydrogens (tertiary/aromatic N) is 5. The number of sulfonamides is 1. The lowest BCUT2D eigenvalue weighted by molar-refractivity contribution is -0.170. The number of carbonyl (C=O) groups excluding carboxylic acids is 1. The maximum Gasteiger partial charge on any atom is 0.471 e. The van der Waals surface area contributed by atoms with Crippen LogP contribution in [0, 0.1) is 13.8 Å². The summed E-state index contributed by atoms with van der Waals surface area (Å²) in [5, 5.41) is 8.71. The highest BCUT2D eigenvalue weighted by Gasteiger charge is 2.45. The molecule has 0 saturated carbocycles. The first-order valence-corrected chi connectivity index (χ1v) is 13.6. The molecule has 1 aromatic heterocycles. The molecule has 0 aliphatic carbocycles. The zero-order valence-corrected chi connectivity index (χ0v) is 21.7. The zero-order chi connectivity index (χ0) is 27.2. The maximum absolute atomic E-state index is 13.3. The van der Waals surface area contributed by atoms with Gasteiger partial charge in [-0.15, -0.1) is 10.2 Å². The van der Waals surface area contributed by atoms with Gasteiger partial charge in [-0.05, 0) is 73.4 Å². The van der Waals surface area contributed by atoms with Crippen LogP contribution in [0.15, 0.2) is 53.4 Å². The second kappa shape index (κ2) is 9.66. The van der Waals surface area contributed by atoms with E-state index in [0.717, 1.165) is 11.3 Å². The molecule has 0 bridgehead atoms.